The summed E-state index contributed by atoms with van der Waals surface area (Å²) in [7, 11) is 0. The number of para-hydroxylation sites is 1. The Hall–Kier alpha value is -1.44. The molecular weight excluding hydrogens is 358 g/mol. The van der Waals surface area contributed by atoms with E-state index in [1.165, 1.54) is 0 Å². The van der Waals surface area contributed by atoms with Crippen LogP contribution in [0.5, 0.6) is 0 Å². The molecule has 0 spiro atoms. The van der Waals surface area contributed by atoms with Crippen LogP contribution >= 0.6 is 25.0 Å². The molecule has 0 amide bonds. The minimum atomic E-state index is -0.908. The van der Waals surface area contributed by atoms with Crippen molar-refractivity contribution < 1.29 is 19.1 Å². The molecule has 1 rings (SSSR count). The lowest BCUT2D eigenvalue weighted by molar-refractivity contribution is -0.152. The topological polar surface area (TPSA) is 52.6 Å². The second-order valence-corrected chi connectivity index (χ2v) is 6.82. The molecule has 25 heavy (non-hydrogen) atoms. The van der Waals surface area contributed by atoms with Gasteiger partial charge in [-0.3, -0.25) is 9.59 Å². The number of hydrogen-bond donors (Lipinski definition) is 1. The standard InChI is InChI=1S/C18H26NO4S2/c1-5-22-16(20)12-15(18(21)23-6-2)17(24)19(25,13(3)4)14-10-8-7-9-11-14/h7-11,13,15,25H,5-6,12H2,1-4H3/q+1. The zero-order chi connectivity index (χ0) is 19.0. The third-order valence-corrected chi connectivity index (χ3v) is 5.39. The average molecular weight is 385 g/mol. The number of thiocarbonyl (C=S) groups is 1. The zero-order valence-electron chi connectivity index (χ0n) is 15.1. The predicted octanol–water partition coefficient (Wildman–Crippen LogP) is 3.71. The molecule has 0 fully saturated rings. The summed E-state index contributed by atoms with van der Waals surface area (Å²) < 4.78 is 10.1. The van der Waals surface area contributed by atoms with E-state index in [1.807, 2.05) is 44.2 Å². The first-order valence-electron chi connectivity index (χ1n) is 8.32. The molecule has 0 aliphatic carbocycles. The van der Waals surface area contributed by atoms with Gasteiger partial charge in [0.1, 0.15) is 11.7 Å². The van der Waals surface area contributed by atoms with Gasteiger partial charge in [-0.25, -0.2) is 0 Å². The highest BCUT2D eigenvalue weighted by Crippen LogP contribution is 2.34. The Morgan fingerprint density at radius 3 is 2.16 bits per heavy atom. The van der Waals surface area contributed by atoms with Gasteiger partial charge >= 0.3 is 11.9 Å². The van der Waals surface area contributed by atoms with Gasteiger partial charge in [0.15, 0.2) is 5.92 Å². The number of carbonyl (C=O) groups is 2. The van der Waals surface area contributed by atoms with Crippen molar-refractivity contribution in [2.45, 2.75) is 40.2 Å². The Bertz CT molecular complexity index is 606. The maximum Gasteiger partial charge on any atom is 0.320 e. The summed E-state index contributed by atoms with van der Waals surface area (Å²) in [6.07, 6.45) is -0.161. The van der Waals surface area contributed by atoms with Crippen LogP contribution in [0, 0.1) is 5.92 Å². The predicted molar refractivity (Wildman–Crippen MR) is 106 cm³/mol. The summed E-state index contributed by atoms with van der Waals surface area (Å²) in [4.78, 5) is 24.8. The maximum absolute atomic E-state index is 12.5. The lowest BCUT2D eigenvalue weighted by Crippen LogP contribution is -2.54. The van der Waals surface area contributed by atoms with Crippen LogP contribution in [0.3, 0.4) is 0 Å². The Kier molecular flexibility index (Phi) is 8.55. The summed E-state index contributed by atoms with van der Waals surface area (Å²) in [6.45, 7) is 7.79. The van der Waals surface area contributed by atoms with Crippen LogP contribution in [-0.2, 0) is 19.1 Å². The number of nitrogens with zero attached hydrogens (tertiary/aromatic N) is 1. The van der Waals surface area contributed by atoms with E-state index in [0.29, 0.717) is 4.99 Å². The normalized spacial score (nSPS) is 14.5. The van der Waals surface area contributed by atoms with Gasteiger partial charge in [0.2, 0.25) is 4.99 Å². The van der Waals surface area contributed by atoms with Crippen molar-refractivity contribution in [1.82, 2.24) is 3.89 Å². The lowest BCUT2D eigenvalue weighted by Gasteiger charge is -2.37. The number of thiol groups is 1. The summed E-state index contributed by atoms with van der Waals surface area (Å²) in [6, 6.07) is 9.39. The Morgan fingerprint density at radius 2 is 1.68 bits per heavy atom. The van der Waals surface area contributed by atoms with E-state index in [4.69, 9.17) is 34.5 Å². The molecule has 2 unspecified atom stereocenters. The Morgan fingerprint density at radius 1 is 1.12 bits per heavy atom. The highest BCUT2D eigenvalue weighted by atomic mass is 32.1. The summed E-state index contributed by atoms with van der Waals surface area (Å²) in [5.41, 5.74) is 0.823. The van der Waals surface area contributed by atoms with Crippen molar-refractivity contribution in [2.24, 2.45) is 5.92 Å². The van der Waals surface area contributed by atoms with E-state index in [0.717, 1.165) is 5.69 Å². The number of benzene rings is 1. The van der Waals surface area contributed by atoms with Gasteiger partial charge in [0, 0.05) is 12.1 Å². The second-order valence-electron chi connectivity index (χ2n) is 5.77. The first kappa shape index (κ1) is 21.6. The zero-order valence-corrected chi connectivity index (χ0v) is 16.8. The lowest BCUT2D eigenvalue weighted by atomic mass is 10.0. The fraction of sp³-hybridized carbons (Fsp3) is 0.500. The number of esters is 2. The van der Waals surface area contributed by atoms with Crippen molar-refractivity contribution in [3.8, 4) is 0 Å². The molecule has 0 aliphatic heterocycles. The molecule has 1 aromatic rings. The van der Waals surface area contributed by atoms with E-state index in [1.54, 1.807) is 13.8 Å². The van der Waals surface area contributed by atoms with Gasteiger partial charge < -0.3 is 9.47 Å². The second kappa shape index (κ2) is 9.89. The molecule has 2 atom stereocenters. The number of ether oxygens (including phenoxy) is 2. The van der Waals surface area contributed by atoms with Gasteiger partial charge in [-0.2, -0.15) is 3.89 Å². The maximum atomic E-state index is 12.5. The number of carbonyl (C=O) groups excluding carboxylic acids is 2. The van der Waals surface area contributed by atoms with Crippen LogP contribution in [0.1, 0.15) is 34.1 Å². The van der Waals surface area contributed by atoms with Gasteiger partial charge in [-0.15, -0.1) is 0 Å². The third-order valence-electron chi connectivity index (χ3n) is 3.78. The molecule has 7 heteroatoms. The fourth-order valence-corrected chi connectivity index (χ4v) is 3.24. The molecule has 0 radical (unpaired) electrons. The highest BCUT2D eigenvalue weighted by molar-refractivity contribution is 7.85. The number of hydrogen-bond acceptors (Lipinski definition) is 6. The quantitative estimate of drug-likeness (QED) is 0.320. The van der Waals surface area contributed by atoms with Crippen LogP contribution < -0.4 is 3.89 Å². The van der Waals surface area contributed by atoms with Gasteiger partial charge in [0.25, 0.3) is 0 Å². The van der Waals surface area contributed by atoms with Gasteiger partial charge in [-0.05, 0) is 39.9 Å². The van der Waals surface area contributed by atoms with Crippen LogP contribution in [-0.4, -0.2) is 36.2 Å². The molecule has 1 aromatic carbocycles. The molecule has 0 heterocycles. The van der Waals surface area contributed by atoms with E-state index in [2.05, 4.69) is 0 Å². The van der Waals surface area contributed by atoms with Crippen LogP contribution in [0.2, 0.25) is 0 Å². The van der Waals surface area contributed by atoms with Crippen molar-refractivity contribution in [3.63, 3.8) is 0 Å². The Labute approximate surface area is 160 Å². The molecule has 0 aliphatic rings. The summed E-state index contributed by atoms with van der Waals surface area (Å²) >= 11 is 10.5. The Balaban J connectivity index is 3.27. The summed E-state index contributed by atoms with van der Waals surface area (Å²) in [5.74, 6) is -1.93. The van der Waals surface area contributed by atoms with Crippen LogP contribution in [0.25, 0.3) is 0 Å². The van der Waals surface area contributed by atoms with Crippen molar-refractivity contribution >= 4 is 47.6 Å². The van der Waals surface area contributed by atoms with Gasteiger partial charge in [0.05, 0.1) is 32.4 Å². The first-order chi connectivity index (χ1) is 11.8. The molecule has 0 bridgehead atoms. The number of rotatable bonds is 8. The van der Waals surface area contributed by atoms with E-state index >= 15 is 0 Å². The molecule has 138 valence electrons. The SMILES string of the molecule is CCOC(=O)CC(C(=O)OCC)C(=S)[N+](S)(c1ccccc1)C(C)C. The van der Waals surface area contributed by atoms with E-state index in [-0.39, 0.29) is 29.6 Å². The highest BCUT2D eigenvalue weighted by Gasteiger charge is 2.45. The third kappa shape index (κ3) is 5.26. The van der Waals surface area contributed by atoms with E-state index in [9.17, 15) is 9.59 Å². The minimum absolute atomic E-state index is 0.0426. The molecule has 5 nitrogen and oxygen atoms in total. The van der Waals surface area contributed by atoms with E-state index < -0.39 is 17.9 Å². The summed E-state index contributed by atoms with van der Waals surface area (Å²) in [5, 5.41) is 0. The first-order valence-corrected chi connectivity index (χ1v) is 9.13. The molecule has 0 aromatic heterocycles. The molecule has 0 saturated carbocycles. The average Bonchev–Trinajstić information content (AvgIpc) is 2.59. The van der Waals surface area contributed by atoms with Crippen LogP contribution in [0.4, 0.5) is 5.69 Å². The molecule has 0 saturated heterocycles. The molecule has 0 N–H and O–H groups in total. The van der Waals surface area contributed by atoms with Crippen molar-refractivity contribution in [3.05, 3.63) is 30.3 Å². The molecular formula is C18H26NO4S2+. The smallest absolute Gasteiger partial charge is 0.320 e. The van der Waals surface area contributed by atoms with Gasteiger partial charge in [-0.1, -0.05) is 18.2 Å². The number of quaternary nitrogens is 1. The minimum Gasteiger partial charge on any atom is -0.466 e. The van der Waals surface area contributed by atoms with Crippen LogP contribution in [0.15, 0.2) is 30.3 Å². The monoisotopic (exact) mass is 384 g/mol. The van der Waals surface area contributed by atoms with Crippen molar-refractivity contribution in [2.75, 3.05) is 13.2 Å². The fourth-order valence-electron chi connectivity index (χ4n) is 2.47. The van der Waals surface area contributed by atoms with Crippen molar-refractivity contribution in [1.29, 1.82) is 0 Å². The largest absolute Gasteiger partial charge is 0.466 e.